The number of carbonyl (C=O) groups excluding carboxylic acids is 1. The molecule has 4 rings (SSSR count). The highest BCUT2D eigenvalue weighted by atomic mass is 32.2. The molecule has 7 nitrogen and oxygen atoms in total. The van der Waals surface area contributed by atoms with Crippen LogP contribution in [0.4, 0.5) is 5.13 Å². The molecular weight excluding hydrogens is 344 g/mol. The van der Waals surface area contributed by atoms with Crippen molar-refractivity contribution in [2.24, 2.45) is 0 Å². The van der Waals surface area contributed by atoms with E-state index in [1.807, 2.05) is 30.3 Å². The van der Waals surface area contributed by atoms with Crippen LogP contribution in [0.25, 0.3) is 17.3 Å². The summed E-state index contributed by atoms with van der Waals surface area (Å²) in [5.41, 5.74) is 4.14. The number of rotatable bonds is 3. The van der Waals surface area contributed by atoms with Gasteiger partial charge < -0.3 is 0 Å². The van der Waals surface area contributed by atoms with Crippen molar-refractivity contribution in [1.29, 1.82) is 5.41 Å². The summed E-state index contributed by atoms with van der Waals surface area (Å²) >= 11 is 2.32. The summed E-state index contributed by atoms with van der Waals surface area (Å²) in [6.07, 6.45) is 3.41. The number of hydrogen-bond acceptors (Lipinski definition) is 7. The molecule has 0 unspecified atom stereocenters. The van der Waals surface area contributed by atoms with Crippen LogP contribution in [0.3, 0.4) is 0 Å². The SMILES string of the molecule is N=C1S/C(=C\c2cn[nH]c2-c2ccccc2)C(=O)N1c1nncs1. The highest BCUT2D eigenvalue weighted by Gasteiger charge is 2.35. The van der Waals surface area contributed by atoms with E-state index in [-0.39, 0.29) is 11.1 Å². The Bertz CT molecular complexity index is 932. The largest absolute Gasteiger partial charge is 0.278 e. The van der Waals surface area contributed by atoms with Crippen LogP contribution in [-0.4, -0.2) is 31.5 Å². The van der Waals surface area contributed by atoms with Gasteiger partial charge in [-0.3, -0.25) is 15.3 Å². The number of nitrogens with one attached hydrogen (secondary N) is 2. The average molecular weight is 354 g/mol. The number of anilines is 1. The molecule has 2 aromatic heterocycles. The molecule has 0 bridgehead atoms. The summed E-state index contributed by atoms with van der Waals surface area (Å²) in [7, 11) is 0. The van der Waals surface area contributed by atoms with E-state index in [4.69, 9.17) is 5.41 Å². The van der Waals surface area contributed by atoms with Crippen molar-refractivity contribution in [3.8, 4) is 11.3 Å². The lowest BCUT2D eigenvalue weighted by Crippen LogP contribution is -2.27. The zero-order valence-electron chi connectivity index (χ0n) is 12.1. The van der Waals surface area contributed by atoms with Gasteiger partial charge in [0, 0.05) is 11.1 Å². The molecule has 3 heterocycles. The van der Waals surface area contributed by atoms with Crippen LogP contribution >= 0.6 is 23.1 Å². The van der Waals surface area contributed by atoms with Crippen LogP contribution in [-0.2, 0) is 4.79 Å². The standard InChI is InChI=1S/C15H10N6OS2/c16-14-21(15-20-18-8-23-15)13(22)11(24-14)6-10-7-17-19-12(10)9-4-2-1-3-5-9/h1-8,16H,(H,17,19)/b11-6-,16-14?. The first-order chi connectivity index (χ1) is 11.7. The van der Waals surface area contributed by atoms with Crippen molar-refractivity contribution < 1.29 is 4.79 Å². The second kappa shape index (κ2) is 6.02. The summed E-state index contributed by atoms with van der Waals surface area (Å²) in [4.78, 5) is 14.3. The van der Waals surface area contributed by atoms with E-state index in [2.05, 4.69) is 20.4 Å². The van der Waals surface area contributed by atoms with Crippen molar-refractivity contribution in [1.82, 2.24) is 20.4 Å². The van der Waals surface area contributed by atoms with Gasteiger partial charge in [0.25, 0.3) is 5.91 Å². The Morgan fingerprint density at radius 3 is 2.83 bits per heavy atom. The molecule has 0 spiro atoms. The Labute approximate surface area is 144 Å². The van der Waals surface area contributed by atoms with Crippen molar-refractivity contribution in [3.63, 3.8) is 0 Å². The Hall–Kier alpha value is -2.78. The number of aromatic nitrogens is 4. The third-order valence-corrected chi connectivity index (χ3v) is 4.94. The van der Waals surface area contributed by atoms with Crippen molar-refractivity contribution in [2.75, 3.05) is 4.90 Å². The molecule has 1 aromatic carbocycles. The Balaban J connectivity index is 1.70. The number of aromatic amines is 1. The summed E-state index contributed by atoms with van der Waals surface area (Å²) in [6.45, 7) is 0. The van der Waals surface area contributed by atoms with Gasteiger partial charge in [0.1, 0.15) is 5.51 Å². The van der Waals surface area contributed by atoms with Crippen LogP contribution < -0.4 is 4.90 Å². The molecule has 0 saturated carbocycles. The zero-order valence-corrected chi connectivity index (χ0v) is 13.8. The summed E-state index contributed by atoms with van der Waals surface area (Å²) in [5.74, 6) is -0.276. The Morgan fingerprint density at radius 1 is 1.25 bits per heavy atom. The van der Waals surface area contributed by atoms with Crippen LogP contribution in [0.1, 0.15) is 5.56 Å². The summed E-state index contributed by atoms with van der Waals surface area (Å²) in [6, 6.07) is 9.75. The fourth-order valence-electron chi connectivity index (χ4n) is 2.31. The van der Waals surface area contributed by atoms with E-state index in [9.17, 15) is 4.79 Å². The number of thioether (sulfide) groups is 1. The lowest BCUT2D eigenvalue weighted by atomic mass is 10.1. The van der Waals surface area contributed by atoms with Crippen LogP contribution in [0.5, 0.6) is 0 Å². The smallest absolute Gasteiger partial charge is 0.273 e. The number of H-pyrrole nitrogens is 1. The monoisotopic (exact) mass is 354 g/mol. The van der Waals surface area contributed by atoms with Gasteiger partial charge in [0.05, 0.1) is 16.8 Å². The highest BCUT2D eigenvalue weighted by Crippen LogP contribution is 2.36. The lowest BCUT2D eigenvalue weighted by Gasteiger charge is -2.08. The quantitative estimate of drug-likeness (QED) is 0.705. The minimum Gasteiger partial charge on any atom is -0.278 e. The van der Waals surface area contributed by atoms with E-state index in [0.29, 0.717) is 10.0 Å². The van der Waals surface area contributed by atoms with Gasteiger partial charge in [-0.1, -0.05) is 41.7 Å². The number of amidine groups is 1. The van der Waals surface area contributed by atoms with Gasteiger partial charge in [-0.2, -0.15) is 5.10 Å². The Kier molecular flexibility index (Phi) is 3.71. The van der Waals surface area contributed by atoms with Gasteiger partial charge in [-0.05, 0) is 17.8 Å². The van der Waals surface area contributed by atoms with Crippen molar-refractivity contribution >= 4 is 45.4 Å². The second-order valence-electron chi connectivity index (χ2n) is 4.84. The lowest BCUT2D eigenvalue weighted by molar-refractivity contribution is -0.113. The van der Waals surface area contributed by atoms with Gasteiger partial charge >= 0.3 is 0 Å². The minimum atomic E-state index is -0.276. The van der Waals surface area contributed by atoms with Crippen molar-refractivity contribution in [2.45, 2.75) is 0 Å². The van der Waals surface area contributed by atoms with Crippen LogP contribution in [0, 0.1) is 5.41 Å². The predicted octanol–water partition coefficient (Wildman–Crippen LogP) is 2.98. The number of hydrogen-bond donors (Lipinski definition) is 2. The van der Waals surface area contributed by atoms with Crippen LogP contribution in [0.2, 0.25) is 0 Å². The fourth-order valence-corrected chi connectivity index (χ4v) is 3.76. The number of carbonyl (C=O) groups is 1. The molecule has 1 saturated heterocycles. The number of benzene rings is 1. The maximum atomic E-state index is 12.6. The van der Waals surface area contributed by atoms with E-state index in [1.165, 1.54) is 21.7 Å². The first-order valence-electron chi connectivity index (χ1n) is 6.91. The minimum absolute atomic E-state index is 0.118. The molecule has 0 atom stereocenters. The third-order valence-electron chi connectivity index (χ3n) is 3.38. The molecule has 9 heteroatoms. The molecule has 24 heavy (non-hydrogen) atoms. The van der Waals surface area contributed by atoms with E-state index in [1.54, 1.807) is 12.3 Å². The normalized spacial score (nSPS) is 16.3. The molecule has 3 aromatic rings. The maximum Gasteiger partial charge on any atom is 0.273 e. The first-order valence-corrected chi connectivity index (χ1v) is 8.61. The van der Waals surface area contributed by atoms with Crippen LogP contribution in [0.15, 0.2) is 46.9 Å². The summed E-state index contributed by atoms with van der Waals surface area (Å²) in [5, 5.41) is 23.2. The molecule has 2 N–H and O–H groups in total. The maximum absolute atomic E-state index is 12.6. The zero-order chi connectivity index (χ0) is 16.5. The highest BCUT2D eigenvalue weighted by molar-refractivity contribution is 8.19. The van der Waals surface area contributed by atoms with Gasteiger partial charge in [0.15, 0.2) is 5.17 Å². The van der Waals surface area contributed by atoms with Gasteiger partial charge in [-0.15, -0.1) is 10.2 Å². The average Bonchev–Trinajstić information content (AvgIpc) is 3.31. The topological polar surface area (TPSA) is 98.6 Å². The molecule has 0 radical (unpaired) electrons. The molecule has 1 aliphatic rings. The number of nitrogens with zero attached hydrogens (tertiary/aromatic N) is 4. The van der Waals surface area contributed by atoms with E-state index >= 15 is 0 Å². The van der Waals surface area contributed by atoms with Gasteiger partial charge in [0.2, 0.25) is 5.13 Å². The number of amides is 1. The van der Waals surface area contributed by atoms with Gasteiger partial charge in [-0.25, -0.2) is 4.90 Å². The second-order valence-corrected chi connectivity index (χ2v) is 6.69. The first kappa shape index (κ1) is 14.8. The Morgan fingerprint density at radius 2 is 2.08 bits per heavy atom. The predicted molar refractivity (Wildman–Crippen MR) is 94.7 cm³/mol. The third kappa shape index (κ3) is 2.53. The molecular formula is C15H10N6OS2. The molecule has 0 aliphatic carbocycles. The van der Waals surface area contributed by atoms with E-state index < -0.39 is 0 Å². The molecule has 1 amide bonds. The molecule has 1 aliphatic heterocycles. The molecule has 1 fully saturated rings. The van der Waals surface area contributed by atoms with E-state index in [0.717, 1.165) is 28.6 Å². The fraction of sp³-hybridized carbons (Fsp3) is 0. The van der Waals surface area contributed by atoms with Crippen molar-refractivity contribution in [3.05, 3.63) is 52.5 Å². The summed E-state index contributed by atoms with van der Waals surface area (Å²) < 4.78 is 0. The molecule has 118 valence electrons.